The molecule has 2 heterocycles. The van der Waals surface area contributed by atoms with Crippen LogP contribution >= 0.6 is 0 Å². The lowest BCUT2D eigenvalue weighted by atomic mass is 10.0. The molecule has 2 rings (SSSR count). The predicted molar refractivity (Wildman–Crippen MR) is 70.6 cm³/mol. The molecule has 2 N–H and O–H groups in total. The molecule has 19 heavy (non-hydrogen) atoms. The number of aryl methyl sites for hydroxylation is 1. The first-order valence-electron chi connectivity index (χ1n) is 7.00. The summed E-state index contributed by atoms with van der Waals surface area (Å²) in [6, 6.07) is 0. The van der Waals surface area contributed by atoms with Gasteiger partial charge in [0.05, 0.1) is 24.4 Å². The zero-order valence-electron chi connectivity index (χ0n) is 11.5. The number of primary amides is 1. The van der Waals surface area contributed by atoms with Crippen LogP contribution in [0.4, 0.5) is 0 Å². The Bertz CT molecular complexity index is 424. The molecule has 1 saturated heterocycles. The summed E-state index contributed by atoms with van der Waals surface area (Å²) in [5.74, 6) is -0.0632. The van der Waals surface area contributed by atoms with Crippen LogP contribution in [-0.4, -0.2) is 34.1 Å². The molecule has 0 radical (unpaired) electrons. The standard InChI is InChI=1S/C13H22N4O2/c1-2-3-4-6-17-13(10-5-7-19-9-10)11(15-16-17)8-12(14)18/h10H,2-9H2,1H3,(H2,14,18). The van der Waals surface area contributed by atoms with E-state index in [2.05, 4.69) is 17.2 Å². The summed E-state index contributed by atoms with van der Waals surface area (Å²) in [6.45, 7) is 4.48. The van der Waals surface area contributed by atoms with Gasteiger partial charge in [0, 0.05) is 19.1 Å². The molecule has 1 aliphatic heterocycles. The Labute approximate surface area is 113 Å². The van der Waals surface area contributed by atoms with Crippen LogP contribution < -0.4 is 5.73 Å². The summed E-state index contributed by atoms with van der Waals surface area (Å²) < 4.78 is 7.37. The van der Waals surface area contributed by atoms with Crippen LogP contribution in [0.3, 0.4) is 0 Å². The Morgan fingerprint density at radius 1 is 1.53 bits per heavy atom. The minimum Gasteiger partial charge on any atom is -0.381 e. The lowest BCUT2D eigenvalue weighted by Gasteiger charge is -2.12. The third-order valence-electron chi connectivity index (χ3n) is 3.48. The summed E-state index contributed by atoms with van der Waals surface area (Å²) in [7, 11) is 0. The van der Waals surface area contributed by atoms with Gasteiger partial charge in [-0.3, -0.25) is 4.79 Å². The van der Waals surface area contributed by atoms with Gasteiger partial charge in [0.2, 0.25) is 5.91 Å². The molecular weight excluding hydrogens is 244 g/mol. The molecule has 0 spiro atoms. The third-order valence-corrected chi connectivity index (χ3v) is 3.48. The maximum atomic E-state index is 11.1. The molecule has 6 heteroatoms. The normalized spacial score (nSPS) is 18.9. The van der Waals surface area contributed by atoms with Crippen molar-refractivity contribution in [3.8, 4) is 0 Å². The van der Waals surface area contributed by atoms with Crippen molar-refractivity contribution in [2.24, 2.45) is 5.73 Å². The Balaban J connectivity index is 2.16. The number of hydrogen-bond acceptors (Lipinski definition) is 4. The van der Waals surface area contributed by atoms with Crippen LogP contribution in [0.1, 0.15) is 49.9 Å². The molecule has 1 fully saturated rings. The number of hydrogen-bond donors (Lipinski definition) is 1. The third kappa shape index (κ3) is 3.53. The van der Waals surface area contributed by atoms with E-state index in [0.29, 0.717) is 12.5 Å². The molecular formula is C13H22N4O2. The molecule has 1 atom stereocenters. The predicted octanol–water partition coefficient (Wildman–Crippen LogP) is 1.000. The fourth-order valence-electron chi connectivity index (χ4n) is 2.52. The fraction of sp³-hybridized carbons (Fsp3) is 0.769. The second-order valence-corrected chi connectivity index (χ2v) is 5.06. The Morgan fingerprint density at radius 2 is 2.37 bits per heavy atom. The van der Waals surface area contributed by atoms with Crippen molar-refractivity contribution in [3.05, 3.63) is 11.4 Å². The van der Waals surface area contributed by atoms with E-state index >= 15 is 0 Å². The maximum absolute atomic E-state index is 11.1. The Kier molecular flexibility index (Phi) is 4.90. The number of nitrogens with two attached hydrogens (primary N) is 1. The van der Waals surface area contributed by atoms with Crippen molar-refractivity contribution in [1.29, 1.82) is 0 Å². The lowest BCUT2D eigenvalue weighted by Crippen LogP contribution is -2.17. The molecule has 1 aromatic heterocycles. The molecule has 0 bridgehead atoms. The van der Waals surface area contributed by atoms with E-state index in [1.807, 2.05) is 4.68 Å². The molecule has 0 saturated carbocycles. The Hall–Kier alpha value is -1.43. The van der Waals surface area contributed by atoms with Gasteiger partial charge in [0.15, 0.2) is 0 Å². The van der Waals surface area contributed by atoms with Gasteiger partial charge in [-0.1, -0.05) is 25.0 Å². The number of nitrogens with zero attached hydrogens (tertiary/aromatic N) is 3. The highest BCUT2D eigenvalue weighted by atomic mass is 16.5. The summed E-state index contributed by atoms with van der Waals surface area (Å²) in [5.41, 5.74) is 7.05. The van der Waals surface area contributed by atoms with Crippen LogP contribution in [0.15, 0.2) is 0 Å². The smallest absolute Gasteiger partial charge is 0.223 e. The first-order valence-corrected chi connectivity index (χ1v) is 7.00. The van der Waals surface area contributed by atoms with E-state index in [-0.39, 0.29) is 12.3 Å². The number of carbonyl (C=O) groups is 1. The number of rotatable bonds is 7. The molecule has 1 aliphatic rings. The second kappa shape index (κ2) is 6.65. The van der Waals surface area contributed by atoms with Gasteiger partial charge < -0.3 is 10.5 Å². The first kappa shape index (κ1) is 14.0. The zero-order chi connectivity index (χ0) is 13.7. The van der Waals surface area contributed by atoms with Crippen molar-refractivity contribution in [2.75, 3.05) is 13.2 Å². The number of aromatic nitrogens is 3. The van der Waals surface area contributed by atoms with Crippen LogP contribution in [0.2, 0.25) is 0 Å². The number of carbonyl (C=O) groups excluding carboxylic acids is 1. The molecule has 0 aromatic carbocycles. The molecule has 6 nitrogen and oxygen atoms in total. The van der Waals surface area contributed by atoms with Crippen molar-refractivity contribution in [2.45, 2.75) is 51.5 Å². The summed E-state index contributed by atoms with van der Waals surface area (Å²) in [4.78, 5) is 11.1. The van der Waals surface area contributed by atoms with Crippen LogP contribution in [0.5, 0.6) is 0 Å². The van der Waals surface area contributed by atoms with Crippen LogP contribution in [-0.2, 0) is 22.5 Å². The quantitative estimate of drug-likeness (QED) is 0.746. The van der Waals surface area contributed by atoms with E-state index < -0.39 is 0 Å². The second-order valence-electron chi connectivity index (χ2n) is 5.06. The van der Waals surface area contributed by atoms with Crippen molar-refractivity contribution in [3.63, 3.8) is 0 Å². The number of ether oxygens (including phenoxy) is 1. The van der Waals surface area contributed by atoms with Crippen LogP contribution in [0, 0.1) is 0 Å². The van der Waals surface area contributed by atoms with Crippen molar-refractivity contribution >= 4 is 5.91 Å². The van der Waals surface area contributed by atoms with E-state index in [1.165, 1.54) is 12.8 Å². The van der Waals surface area contributed by atoms with E-state index in [4.69, 9.17) is 10.5 Å². The average Bonchev–Trinajstić information content (AvgIpc) is 2.98. The minimum absolute atomic E-state index is 0.166. The van der Waals surface area contributed by atoms with Crippen LogP contribution in [0.25, 0.3) is 0 Å². The Morgan fingerprint density at radius 3 is 3.00 bits per heavy atom. The maximum Gasteiger partial charge on any atom is 0.223 e. The molecule has 1 unspecified atom stereocenters. The SMILES string of the molecule is CCCCCn1nnc(CC(N)=O)c1C1CCOC1. The topological polar surface area (TPSA) is 83.0 Å². The number of unbranched alkanes of at least 4 members (excludes halogenated alkanes) is 2. The van der Waals surface area contributed by atoms with Gasteiger partial charge >= 0.3 is 0 Å². The zero-order valence-corrected chi connectivity index (χ0v) is 11.5. The fourth-order valence-corrected chi connectivity index (χ4v) is 2.52. The van der Waals surface area contributed by atoms with E-state index in [0.717, 1.165) is 37.4 Å². The highest BCUT2D eigenvalue weighted by Gasteiger charge is 2.26. The minimum atomic E-state index is -0.360. The lowest BCUT2D eigenvalue weighted by molar-refractivity contribution is -0.117. The van der Waals surface area contributed by atoms with E-state index in [9.17, 15) is 4.79 Å². The van der Waals surface area contributed by atoms with Gasteiger partial charge in [-0.05, 0) is 12.8 Å². The van der Waals surface area contributed by atoms with Gasteiger partial charge in [-0.2, -0.15) is 0 Å². The molecule has 1 aromatic rings. The summed E-state index contributed by atoms with van der Waals surface area (Å²) in [6.07, 6.45) is 4.55. The first-order chi connectivity index (χ1) is 9.22. The van der Waals surface area contributed by atoms with Gasteiger partial charge in [0.25, 0.3) is 0 Å². The number of amides is 1. The van der Waals surface area contributed by atoms with Gasteiger partial charge in [0.1, 0.15) is 0 Å². The summed E-state index contributed by atoms with van der Waals surface area (Å²) >= 11 is 0. The molecule has 1 amide bonds. The van der Waals surface area contributed by atoms with Gasteiger partial charge in [-0.15, -0.1) is 5.10 Å². The highest BCUT2D eigenvalue weighted by molar-refractivity contribution is 5.76. The average molecular weight is 266 g/mol. The summed E-state index contributed by atoms with van der Waals surface area (Å²) in [5, 5.41) is 8.33. The van der Waals surface area contributed by atoms with Gasteiger partial charge in [-0.25, -0.2) is 4.68 Å². The van der Waals surface area contributed by atoms with E-state index in [1.54, 1.807) is 0 Å². The van der Waals surface area contributed by atoms with Crippen molar-refractivity contribution < 1.29 is 9.53 Å². The molecule has 106 valence electrons. The largest absolute Gasteiger partial charge is 0.381 e. The highest BCUT2D eigenvalue weighted by Crippen LogP contribution is 2.27. The molecule has 0 aliphatic carbocycles. The monoisotopic (exact) mass is 266 g/mol. The van der Waals surface area contributed by atoms with Crippen molar-refractivity contribution in [1.82, 2.24) is 15.0 Å².